The number of nitrogens with zero attached hydrogens (tertiary/aromatic N) is 2. The summed E-state index contributed by atoms with van der Waals surface area (Å²) in [5, 5.41) is 3.38. The maximum Gasteiger partial charge on any atom is 0.159 e. The highest BCUT2D eigenvalue weighted by atomic mass is 19.2. The number of nitrogens with one attached hydrogen (secondary N) is 1. The normalized spacial score (nSPS) is 19.2. The minimum Gasteiger partial charge on any atom is -0.330 e. The van der Waals surface area contributed by atoms with E-state index in [4.69, 9.17) is 0 Å². The van der Waals surface area contributed by atoms with Gasteiger partial charge in [-0.1, -0.05) is 6.07 Å². The zero-order valence-electron chi connectivity index (χ0n) is 11.1. The highest BCUT2D eigenvalue weighted by Gasteiger charge is 2.18. The highest BCUT2D eigenvalue weighted by molar-refractivity contribution is 5.20. The molecule has 1 aliphatic heterocycles. The van der Waals surface area contributed by atoms with Gasteiger partial charge >= 0.3 is 0 Å². The molecule has 1 N–H and O–H groups in total. The first-order chi connectivity index (χ1) is 9.74. The van der Waals surface area contributed by atoms with Gasteiger partial charge in [0, 0.05) is 30.9 Å². The molecule has 0 saturated carbocycles. The van der Waals surface area contributed by atoms with Gasteiger partial charge in [-0.25, -0.2) is 13.8 Å². The van der Waals surface area contributed by atoms with Gasteiger partial charge < -0.3 is 9.88 Å². The van der Waals surface area contributed by atoms with Crippen LogP contribution in [0.15, 0.2) is 30.7 Å². The monoisotopic (exact) mass is 277 g/mol. The van der Waals surface area contributed by atoms with Crippen LogP contribution >= 0.6 is 0 Å². The van der Waals surface area contributed by atoms with Crippen molar-refractivity contribution in [3.05, 3.63) is 53.6 Å². The van der Waals surface area contributed by atoms with Gasteiger partial charge in [0.25, 0.3) is 0 Å². The van der Waals surface area contributed by atoms with Crippen LogP contribution in [0.4, 0.5) is 8.78 Å². The number of piperidine rings is 1. The van der Waals surface area contributed by atoms with Crippen molar-refractivity contribution in [3.8, 4) is 0 Å². The van der Waals surface area contributed by atoms with Crippen LogP contribution in [0.25, 0.3) is 0 Å². The van der Waals surface area contributed by atoms with Crippen LogP contribution in [0.1, 0.15) is 30.0 Å². The molecular weight excluding hydrogens is 260 g/mol. The van der Waals surface area contributed by atoms with E-state index in [1.54, 1.807) is 12.4 Å². The van der Waals surface area contributed by atoms with Crippen LogP contribution in [0.5, 0.6) is 0 Å². The zero-order valence-corrected chi connectivity index (χ0v) is 11.1. The lowest BCUT2D eigenvalue weighted by Gasteiger charge is -2.23. The lowest BCUT2D eigenvalue weighted by molar-refractivity contribution is 0.443. The maximum atomic E-state index is 13.3. The Balaban J connectivity index is 1.80. The van der Waals surface area contributed by atoms with Gasteiger partial charge in [0.15, 0.2) is 11.6 Å². The molecular formula is C15H17F2N3. The predicted octanol–water partition coefficient (Wildman–Crippen LogP) is 2.68. The van der Waals surface area contributed by atoms with Crippen LogP contribution < -0.4 is 5.32 Å². The first kappa shape index (κ1) is 13.2. The van der Waals surface area contributed by atoms with E-state index in [-0.39, 0.29) is 0 Å². The molecule has 1 atom stereocenters. The van der Waals surface area contributed by atoms with E-state index < -0.39 is 11.6 Å². The first-order valence-corrected chi connectivity index (χ1v) is 6.88. The Kier molecular flexibility index (Phi) is 3.78. The molecule has 1 saturated heterocycles. The number of hydrogen-bond acceptors (Lipinski definition) is 2. The Bertz CT molecular complexity index is 589. The molecule has 0 radical (unpaired) electrons. The molecule has 0 amide bonds. The van der Waals surface area contributed by atoms with Crippen LogP contribution in [-0.2, 0) is 6.54 Å². The summed E-state index contributed by atoms with van der Waals surface area (Å²) < 4.78 is 28.2. The molecule has 106 valence electrons. The molecule has 5 heteroatoms. The number of rotatable bonds is 3. The molecule has 0 aliphatic carbocycles. The molecule has 1 aromatic carbocycles. The summed E-state index contributed by atoms with van der Waals surface area (Å²) in [6, 6.07) is 4.03. The average Bonchev–Trinajstić information content (AvgIpc) is 2.92. The summed E-state index contributed by atoms with van der Waals surface area (Å²) in [7, 11) is 0. The molecule has 1 fully saturated rings. The van der Waals surface area contributed by atoms with Crippen molar-refractivity contribution >= 4 is 0 Å². The summed E-state index contributed by atoms with van der Waals surface area (Å²) in [6.45, 7) is 2.53. The second kappa shape index (κ2) is 5.71. The third-order valence-electron chi connectivity index (χ3n) is 3.80. The molecule has 1 unspecified atom stereocenters. The Labute approximate surface area is 116 Å². The van der Waals surface area contributed by atoms with Crippen molar-refractivity contribution in [2.45, 2.75) is 25.3 Å². The largest absolute Gasteiger partial charge is 0.330 e. The number of halogens is 2. The third-order valence-corrected chi connectivity index (χ3v) is 3.80. The van der Waals surface area contributed by atoms with Gasteiger partial charge in [0.05, 0.1) is 6.33 Å². The lowest BCUT2D eigenvalue weighted by atomic mass is 9.96. The number of hydrogen-bond donors (Lipinski definition) is 1. The van der Waals surface area contributed by atoms with E-state index in [2.05, 4.69) is 10.3 Å². The lowest BCUT2D eigenvalue weighted by Crippen LogP contribution is -2.29. The van der Waals surface area contributed by atoms with Crippen molar-refractivity contribution < 1.29 is 8.78 Å². The molecule has 2 heterocycles. The topological polar surface area (TPSA) is 29.9 Å². The Morgan fingerprint density at radius 2 is 2.20 bits per heavy atom. The van der Waals surface area contributed by atoms with Gasteiger partial charge in [0.1, 0.15) is 0 Å². The molecule has 0 spiro atoms. The van der Waals surface area contributed by atoms with Crippen molar-refractivity contribution in [1.82, 2.24) is 14.9 Å². The smallest absolute Gasteiger partial charge is 0.159 e. The van der Waals surface area contributed by atoms with E-state index in [0.29, 0.717) is 12.5 Å². The van der Waals surface area contributed by atoms with E-state index in [9.17, 15) is 8.78 Å². The second-order valence-corrected chi connectivity index (χ2v) is 5.24. The average molecular weight is 277 g/mol. The quantitative estimate of drug-likeness (QED) is 0.934. The van der Waals surface area contributed by atoms with E-state index >= 15 is 0 Å². The van der Waals surface area contributed by atoms with Crippen molar-refractivity contribution in [1.29, 1.82) is 0 Å². The third kappa shape index (κ3) is 2.72. The van der Waals surface area contributed by atoms with Crippen molar-refractivity contribution in [2.75, 3.05) is 13.1 Å². The van der Waals surface area contributed by atoms with E-state index in [0.717, 1.165) is 37.2 Å². The summed E-state index contributed by atoms with van der Waals surface area (Å²) in [5.74, 6) is -1.17. The van der Waals surface area contributed by atoms with E-state index in [1.807, 2.05) is 10.8 Å². The predicted molar refractivity (Wildman–Crippen MR) is 72.5 cm³/mol. The highest BCUT2D eigenvalue weighted by Crippen LogP contribution is 2.23. The van der Waals surface area contributed by atoms with Crippen LogP contribution in [-0.4, -0.2) is 22.6 Å². The maximum absolute atomic E-state index is 13.3. The second-order valence-electron chi connectivity index (χ2n) is 5.24. The number of aromatic nitrogens is 2. The molecule has 3 nitrogen and oxygen atoms in total. The fourth-order valence-electron chi connectivity index (χ4n) is 2.74. The van der Waals surface area contributed by atoms with Gasteiger partial charge in [-0.2, -0.15) is 0 Å². The fraction of sp³-hybridized carbons (Fsp3) is 0.400. The van der Waals surface area contributed by atoms with Crippen molar-refractivity contribution in [2.24, 2.45) is 0 Å². The summed E-state index contributed by atoms with van der Waals surface area (Å²) >= 11 is 0. The summed E-state index contributed by atoms with van der Waals surface area (Å²) in [5.41, 5.74) is 1.90. The van der Waals surface area contributed by atoms with Gasteiger partial charge in [0.2, 0.25) is 0 Å². The fourth-order valence-corrected chi connectivity index (χ4v) is 2.74. The molecule has 1 aliphatic rings. The van der Waals surface area contributed by atoms with Gasteiger partial charge in [-0.15, -0.1) is 0 Å². The van der Waals surface area contributed by atoms with Gasteiger partial charge in [-0.3, -0.25) is 0 Å². The zero-order chi connectivity index (χ0) is 13.9. The summed E-state index contributed by atoms with van der Waals surface area (Å²) in [4.78, 5) is 4.20. The van der Waals surface area contributed by atoms with Gasteiger partial charge in [-0.05, 0) is 37.1 Å². The minimum atomic E-state index is -0.809. The van der Waals surface area contributed by atoms with Crippen LogP contribution in [0, 0.1) is 11.6 Å². The molecule has 20 heavy (non-hydrogen) atoms. The Hall–Kier alpha value is -1.75. The standard InChI is InChI=1S/C15H17F2N3/c16-13-4-3-11(6-14(13)17)9-20-10-19-8-15(20)12-2-1-5-18-7-12/h3-4,6,8,10,12,18H,1-2,5,7,9H2. The molecule has 3 rings (SSSR count). The molecule has 2 aromatic rings. The first-order valence-electron chi connectivity index (χ1n) is 6.88. The minimum absolute atomic E-state index is 0.441. The summed E-state index contributed by atoms with van der Waals surface area (Å²) in [6.07, 6.45) is 5.92. The number of benzene rings is 1. The molecule has 0 bridgehead atoms. The van der Waals surface area contributed by atoms with Crippen LogP contribution in [0.3, 0.4) is 0 Å². The SMILES string of the molecule is Fc1ccc(Cn2cncc2C2CCCNC2)cc1F. The Morgan fingerprint density at radius 3 is 2.95 bits per heavy atom. The molecule has 1 aromatic heterocycles. The Morgan fingerprint density at radius 1 is 1.30 bits per heavy atom. The van der Waals surface area contributed by atoms with Crippen LogP contribution in [0.2, 0.25) is 0 Å². The number of imidazole rings is 1. The van der Waals surface area contributed by atoms with E-state index in [1.165, 1.54) is 12.1 Å². The van der Waals surface area contributed by atoms with Crippen molar-refractivity contribution in [3.63, 3.8) is 0 Å².